The Labute approximate surface area is 123 Å². The highest BCUT2D eigenvalue weighted by Gasteiger charge is 2.30. The molecule has 0 saturated heterocycles. The van der Waals surface area contributed by atoms with E-state index in [2.05, 4.69) is 9.97 Å². The van der Waals surface area contributed by atoms with Crippen LogP contribution in [0.15, 0.2) is 24.3 Å². The Balaban J connectivity index is 2.07. The van der Waals surface area contributed by atoms with Crippen LogP contribution in [0.4, 0.5) is 5.82 Å². The lowest BCUT2D eigenvalue weighted by atomic mass is 10.1. The van der Waals surface area contributed by atoms with E-state index in [0.29, 0.717) is 18.8 Å². The first-order valence-corrected chi connectivity index (χ1v) is 6.96. The number of aromatic nitrogens is 2. The number of anilines is 1. The molecule has 2 aromatic rings. The summed E-state index contributed by atoms with van der Waals surface area (Å²) in [6.07, 6.45) is 0.401. The molecule has 1 aromatic heterocycles. The maximum absolute atomic E-state index is 12.0. The largest absolute Gasteiger partial charge is 0.497 e. The molecular formula is C16H17N3O2. The average molecular weight is 283 g/mol. The average Bonchev–Trinajstić information content (AvgIpc) is 2.83. The third-order valence-corrected chi connectivity index (χ3v) is 3.74. The predicted molar refractivity (Wildman–Crippen MR) is 80.5 cm³/mol. The molecule has 0 unspecified atom stereocenters. The lowest BCUT2D eigenvalue weighted by molar-refractivity contribution is -0.117. The second-order valence-electron chi connectivity index (χ2n) is 4.98. The Bertz CT molecular complexity index is 695. The van der Waals surface area contributed by atoms with Crippen LogP contribution in [-0.2, 0) is 11.2 Å². The molecule has 2 heterocycles. The van der Waals surface area contributed by atoms with Crippen molar-refractivity contribution in [3.05, 3.63) is 35.5 Å². The molecule has 0 radical (unpaired) electrons. The molecule has 0 atom stereocenters. The number of nitrogens with zero attached hydrogens (tertiary/aromatic N) is 3. The van der Waals surface area contributed by atoms with E-state index in [9.17, 15) is 4.79 Å². The number of likely N-dealkylation sites (N-methyl/N-ethyl adjacent to an activating group) is 1. The second-order valence-corrected chi connectivity index (χ2v) is 4.98. The standard InChI is InChI=1S/C16H17N3O2/c1-4-19-14(20)9-13-10(2)17-15(18-16(13)19)11-5-7-12(21-3)8-6-11/h5-8H,4,9H2,1-3H3. The van der Waals surface area contributed by atoms with Gasteiger partial charge in [0.25, 0.3) is 0 Å². The quantitative estimate of drug-likeness (QED) is 0.867. The SMILES string of the molecule is CCN1C(=O)Cc2c(C)nc(-c3ccc(OC)cc3)nc21. The van der Waals surface area contributed by atoms with Crippen molar-refractivity contribution in [2.45, 2.75) is 20.3 Å². The molecule has 1 amide bonds. The van der Waals surface area contributed by atoms with Gasteiger partial charge < -0.3 is 4.74 Å². The van der Waals surface area contributed by atoms with Crippen LogP contribution in [0.5, 0.6) is 5.75 Å². The molecule has 1 aromatic carbocycles. The fourth-order valence-corrected chi connectivity index (χ4v) is 2.57. The maximum Gasteiger partial charge on any atom is 0.232 e. The molecule has 0 fully saturated rings. The molecule has 0 saturated carbocycles. The van der Waals surface area contributed by atoms with Crippen molar-refractivity contribution in [3.63, 3.8) is 0 Å². The summed E-state index contributed by atoms with van der Waals surface area (Å²) >= 11 is 0. The zero-order valence-electron chi connectivity index (χ0n) is 12.4. The number of fused-ring (bicyclic) bond motifs is 1. The third kappa shape index (κ3) is 2.24. The number of carbonyl (C=O) groups excluding carboxylic acids is 1. The minimum absolute atomic E-state index is 0.0942. The number of aryl methyl sites for hydroxylation is 1. The smallest absolute Gasteiger partial charge is 0.232 e. The molecule has 1 aliphatic rings. The van der Waals surface area contributed by atoms with Gasteiger partial charge in [-0.1, -0.05) is 0 Å². The number of methoxy groups -OCH3 is 1. The Morgan fingerprint density at radius 3 is 2.57 bits per heavy atom. The Hall–Kier alpha value is -2.43. The normalized spacial score (nSPS) is 13.5. The molecule has 0 spiro atoms. The number of rotatable bonds is 3. The van der Waals surface area contributed by atoms with Crippen LogP contribution >= 0.6 is 0 Å². The zero-order valence-corrected chi connectivity index (χ0v) is 12.4. The van der Waals surface area contributed by atoms with Crippen molar-refractivity contribution in [1.29, 1.82) is 0 Å². The summed E-state index contributed by atoms with van der Waals surface area (Å²) in [4.78, 5) is 22.8. The van der Waals surface area contributed by atoms with Crippen molar-refractivity contribution in [2.24, 2.45) is 0 Å². The number of amides is 1. The van der Waals surface area contributed by atoms with E-state index in [1.54, 1.807) is 12.0 Å². The fraction of sp³-hybridized carbons (Fsp3) is 0.312. The van der Waals surface area contributed by atoms with Crippen LogP contribution in [0.3, 0.4) is 0 Å². The summed E-state index contributed by atoms with van der Waals surface area (Å²) in [6, 6.07) is 7.61. The van der Waals surface area contributed by atoms with Crippen molar-refractivity contribution in [3.8, 4) is 17.1 Å². The van der Waals surface area contributed by atoms with Crippen molar-refractivity contribution in [2.75, 3.05) is 18.6 Å². The van der Waals surface area contributed by atoms with Crippen LogP contribution in [0.25, 0.3) is 11.4 Å². The van der Waals surface area contributed by atoms with Gasteiger partial charge in [-0.05, 0) is 38.1 Å². The first-order valence-electron chi connectivity index (χ1n) is 6.96. The minimum atomic E-state index is 0.0942. The third-order valence-electron chi connectivity index (χ3n) is 3.74. The predicted octanol–water partition coefficient (Wildman–Crippen LogP) is 2.37. The Morgan fingerprint density at radius 2 is 1.95 bits per heavy atom. The first-order chi connectivity index (χ1) is 10.1. The molecule has 3 rings (SSSR count). The summed E-state index contributed by atoms with van der Waals surface area (Å²) in [6.45, 7) is 4.52. The highest BCUT2D eigenvalue weighted by molar-refractivity contribution is 6.00. The van der Waals surface area contributed by atoms with Gasteiger partial charge in [0, 0.05) is 23.4 Å². The molecule has 5 nitrogen and oxygen atoms in total. The van der Waals surface area contributed by atoms with Gasteiger partial charge in [-0.2, -0.15) is 0 Å². The first kappa shape index (κ1) is 13.5. The molecule has 1 aliphatic heterocycles. The van der Waals surface area contributed by atoms with Gasteiger partial charge in [0.05, 0.1) is 13.5 Å². The van der Waals surface area contributed by atoms with Crippen LogP contribution in [0.1, 0.15) is 18.2 Å². The number of hydrogen-bond donors (Lipinski definition) is 0. The summed E-state index contributed by atoms with van der Waals surface area (Å²) in [7, 11) is 1.63. The summed E-state index contributed by atoms with van der Waals surface area (Å²) < 4.78 is 5.16. The van der Waals surface area contributed by atoms with Crippen LogP contribution < -0.4 is 9.64 Å². The monoisotopic (exact) mass is 283 g/mol. The number of benzene rings is 1. The van der Waals surface area contributed by atoms with E-state index in [0.717, 1.165) is 28.4 Å². The second kappa shape index (κ2) is 5.16. The van der Waals surface area contributed by atoms with Gasteiger partial charge in [-0.15, -0.1) is 0 Å². The lowest BCUT2D eigenvalue weighted by Crippen LogP contribution is -2.26. The molecule has 5 heteroatoms. The highest BCUT2D eigenvalue weighted by Crippen LogP contribution is 2.31. The molecule has 0 N–H and O–H groups in total. The number of hydrogen-bond acceptors (Lipinski definition) is 4. The Morgan fingerprint density at radius 1 is 1.24 bits per heavy atom. The minimum Gasteiger partial charge on any atom is -0.497 e. The van der Waals surface area contributed by atoms with E-state index in [1.165, 1.54) is 0 Å². The topological polar surface area (TPSA) is 55.3 Å². The van der Waals surface area contributed by atoms with Gasteiger partial charge in [0.1, 0.15) is 11.6 Å². The summed E-state index contributed by atoms with van der Waals surface area (Å²) in [5, 5.41) is 0. The van der Waals surface area contributed by atoms with Gasteiger partial charge >= 0.3 is 0 Å². The molecule has 0 bridgehead atoms. The number of carbonyl (C=O) groups is 1. The van der Waals surface area contributed by atoms with E-state index in [-0.39, 0.29) is 5.91 Å². The highest BCUT2D eigenvalue weighted by atomic mass is 16.5. The fourth-order valence-electron chi connectivity index (χ4n) is 2.57. The lowest BCUT2D eigenvalue weighted by Gasteiger charge is -2.14. The van der Waals surface area contributed by atoms with E-state index in [1.807, 2.05) is 38.1 Å². The van der Waals surface area contributed by atoms with E-state index < -0.39 is 0 Å². The van der Waals surface area contributed by atoms with Gasteiger partial charge in [0.2, 0.25) is 5.91 Å². The van der Waals surface area contributed by atoms with Gasteiger partial charge in [-0.3, -0.25) is 9.69 Å². The maximum atomic E-state index is 12.0. The van der Waals surface area contributed by atoms with Crippen molar-refractivity contribution in [1.82, 2.24) is 9.97 Å². The van der Waals surface area contributed by atoms with Crippen molar-refractivity contribution >= 4 is 11.7 Å². The molecule has 108 valence electrons. The summed E-state index contributed by atoms with van der Waals surface area (Å²) in [5.74, 6) is 2.28. The zero-order chi connectivity index (χ0) is 15.0. The molecular weight excluding hydrogens is 266 g/mol. The van der Waals surface area contributed by atoms with E-state index in [4.69, 9.17) is 4.74 Å². The molecule has 21 heavy (non-hydrogen) atoms. The van der Waals surface area contributed by atoms with Crippen molar-refractivity contribution < 1.29 is 9.53 Å². The molecule has 0 aliphatic carbocycles. The Kier molecular flexibility index (Phi) is 3.33. The summed E-state index contributed by atoms with van der Waals surface area (Å²) in [5.41, 5.74) is 2.73. The van der Waals surface area contributed by atoms with Crippen LogP contribution in [0.2, 0.25) is 0 Å². The van der Waals surface area contributed by atoms with E-state index >= 15 is 0 Å². The number of ether oxygens (including phenoxy) is 1. The van der Waals surface area contributed by atoms with Gasteiger partial charge in [0.15, 0.2) is 5.82 Å². The van der Waals surface area contributed by atoms with Crippen LogP contribution in [0, 0.1) is 6.92 Å². The van der Waals surface area contributed by atoms with Crippen LogP contribution in [-0.4, -0.2) is 29.5 Å². The van der Waals surface area contributed by atoms with Gasteiger partial charge in [-0.25, -0.2) is 9.97 Å².